The normalized spacial score (nSPS) is 15.3. The average Bonchev–Trinajstić information content (AvgIpc) is 3.19. The number of nitrogens with one attached hydrogen (secondary N) is 1. The summed E-state index contributed by atoms with van der Waals surface area (Å²) in [6.45, 7) is 2.06. The van der Waals surface area contributed by atoms with Crippen molar-refractivity contribution in [1.82, 2.24) is 14.8 Å². The van der Waals surface area contributed by atoms with Crippen LogP contribution in [0.4, 0.5) is 5.95 Å². The van der Waals surface area contributed by atoms with Gasteiger partial charge in [0.1, 0.15) is 6.04 Å². The Labute approximate surface area is 184 Å². The van der Waals surface area contributed by atoms with E-state index in [9.17, 15) is 0 Å². The van der Waals surface area contributed by atoms with Gasteiger partial charge in [0.05, 0.1) is 0 Å². The van der Waals surface area contributed by atoms with Gasteiger partial charge in [-0.15, -0.1) is 5.10 Å². The van der Waals surface area contributed by atoms with Crippen molar-refractivity contribution < 1.29 is 0 Å². The third-order valence-corrected chi connectivity index (χ3v) is 5.75. The Morgan fingerprint density at radius 2 is 1.57 bits per heavy atom. The standard InChI is InChI=1S/C24H18Cl2N4/c1-15-6-8-17(9-7-15)23-28-24-27-21(16-10-12-18(25)13-11-16)14-22(30(24)29-23)19-4-2-3-5-20(19)26/h2-14,22H,1H3,(H,27,28,29)/t22-/m0/s1. The third kappa shape index (κ3) is 3.49. The first-order valence-corrected chi connectivity index (χ1v) is 10.4. The van der Waals surface area contributed by atoms with E-state index in [0.29, 0.717) is 21.8 Å². The summed E-state index contributed by atoms with van der Waals surface area (Å²) < 4.78 is 1.88. The predicted molar refractivity (Wildman–Crippen MR) is 123 cm³/mol. The summed E-state index contributed by atoms with van der Waals surface area (Å²) in [5.41, 5.74) is 5.08. The Kier molecular flexibility index (Phi) is 4.81. The Bertz CT molecular complexity index is 1240. The van der Waals surface area contributed by atoms with Crippen LogP contribution in [0.15, 0.2) is 78.9 Å². The van der Waals surface area contributed by atoms with Crippen LogP contribution in [0, 0.1) is 6.92 Å². The van der Waals surface area contributed by atoms with Gasteiger partial charge < -0.3 is 5.32 Å². The number of benzene rings is 3. The van der Waals surface area contributed by atoms with Crippen LogP contribution in [-0.4, -0.2) is 14.8 Å². The molecule has 3 aromatic carbocycles. The predicted octanol–water partition coefficient (Wildman–Crippen LogP) is 6.62. The number of anilines is 1. The van der Waals surface area contributed by atoms with Crippen LogP contribution in [0.3, 0.4) is 0 Å². The molecule has 148 valence electrons. The third-order valence-electron chi connectivity index (χ3n) is 5.15. The summed E-state index contributed by atoms with van der Waals surface area (Å²) in [6.07, 6.45) is 2.12. The zero-order valence-corrected chi connectivity index (χ0v) is 17.7. The van der Waals surface area contributed by atoms with Crippen molar-refractivity contribution in [3.05, 3.63) is 106 Å². The minimum atomic E-state index is -0.188. The molecule has 0 bridgehead atoms. The van der Waals surface area contributed by atoms with Crippen molar-refractivity contribution in [3.63, 3.8) is 0 Å². The smallest absolute Gasteiger partial charge is 0.227 e. The minimum absolute atomic E-state index is 0.188. The summed E-state index contributed by atoms with van der Waals surface area (Å²) in [6, 6.07) is 23.6. The lowest BCUT2D eigenvalue weighted by Crippen LogP contribution is -2.20. The first-order chi connectivity index (χ1) is 14.6. The molecule has 4 nitrogen and oxygen atoms in total. The summed E-state index contributed by atoms with van der Waals surface area (Å²) in [4.78, 5) is 4.78. The summed E-state index contributed by atoms with van der Waals surface area (Å²) in [5.74, 6) is 1.34. The molecule has 2 heterocycles. The van der Waals surface area contributed by atoms with Crippen molar-refractivity contribution in [3.8, 4) is 11.4 Å². The van der Waals surface area contributed by atoms with Crippen LogP contribution in [0.2, 0.25) is 10.0 Å². The van der Waals surface area contributed by atoms with Crippen LogP contribution in [0.1, 0.15) is 22.7 Å². The molecule has 30 heavy (non-hydrogen) atoms. The van der Waals surface area contributed by atoms with Gasteiger partial charge in [-0.1, -0.05) is 83.4 Å². The van der Waals surface area contributed by atoms with Crippen molar-refractivity contribution in [2.45, 2.75) is 13.0 Å². The zero-order valence-electron chi connectivity index (χ0n) is 16.2. The lowest BCUT2D eigenvalue weighted by molar-refractivity contribution is 0.613. The fourth-order valence-corrected chi connectivity index (χ4v) is 3.93. The van der Waals surface area contributed by atoms with E-state index >= 15 is 0 Å². The maximum absolute atomic E-state index is 6.55. The van der Waals surface area contributed by atoms with Crippen LogP contribution in [0.5, 0.6) is 0 Å². The molecule has 0 fully saturated rings. The molecule has 0 radical (unpaired) electrons. The second-order valence-corrected chi connectivity index (χ2v) is 8.09. The van der Waals surface area contributed by atoms with Crippen molar-refractivity contribution >= 4 is 34.8 Å². The lowest BCUT2D eigenvalue weighted by atomic mass is 10.0. The summed E-state index contributed by atoms with van der Waals surface area (Å²) in [7, 11) is 0. The molecule has 5 rings (SSSR count). The molecule has 0 amide bonds. The Morgan fingerprint density at radius 3 is 2.30 bits per heavy atom. The molecule has 0 saturated carbocycles. The van der Waals surface area contributed by atoms with Gasteiger partial charge in [-0.05, 0) is 42.3 Å². The Balaban J connectivity index is 1.64. The number of rotatable bonds is 3. The van der Waals surface area contributed by atoms with Crippen LogP contribution in [0.25, 0.3) is 17.1 Å². The Hall–Kier alpha value is -3.08. The fourth-order valence-electron chi connectivity index (χ4n) is 3.55. The minimum Gasteiger partial charge on any atom is -0.324 e. The van der Waals surface area contributed by atoms with E-state index < -0.39 is 0 Å². The maximum Gasteiger partial charge on any atom is 0.227 e. The van der Waals surface area contributed by atoms with E-state index in [4.69, 9.17) is 33.3 Å². The van der Waals surface area contributed by atoms with Gasteiger partial charge in [0.15, 0.2) is 5.82 Å². The lowest BCUT2D eigenvalue weighted by Gasteiger charge is -2.25. The highest BCUT2D eigenvalue weighted by Gasteiger charge is 2.26. The molecule has 1 aliphatic heterocycles. The van der Waals surface area contributed by atoms with E-state index in [1.807, 2.05) is 65.3 Å². The molecular weight excluding hydrogens is 415 g/mol. The quantitative estimate of drug-likeness (QED) is 0.395. The fraction of sp³-hybridized carbons (Fsp3) is 0.0833. The van der Waals surface area contributed by atoms with Gasteiger partial charge in [0, 0.05) is 21.3 Å². The number of halogens is 2. The van der Waals surface area contributed by atoms with Crippen LogP contribution >= 0.6 is 23.2 Å². The number of aryl methyl sites for hydroxylation is 1. The summed E-state index contributed by atoms with van der Waals surface area (Å²) >= 11 is 12.6. The van der Waals surface area contributed by atoms with Gasteiger partial charge in [-0.3, -0.25) is 0 Å². The van der Waals surface area contributed by atoms with Crippen LogP contribution < -0.4 is 5.32 Å². The molecule has 1 atom stereocenters. The molecule has 0 saturated heterocycles. The Morgan fingerprint density at radius 1 is 0.867 bits per heavy atom. The van der Waals surface area contributed by atoms with Gasteiger partial charge in [0.25, 0.3) is 0 Å². The highest BCUT2D eigenvalue weighted by molar-refractivity contribution is 6.31. The zero-order chi connectivity index (χ0) is 20.7. The van der Waals surface area contributed by atoms with E-state index in [2.05, 4.69) is 30.4 Å². The van der Waals surface area contributed by atoms with Gasteiger partial charge in [-0.2, -0.15) is 4.98 Å². The van der Waals surface area contributed by atoms with Gasteiger partial charge in [0.2, 0.25) is 5.95 Å². The number of hydrogen-bond donors (Lipinski definition) is 1. The van der Waals surface area contributed by atoms with E-state index in [0.717, 1.165) is 22.4 Å². The van der Waals surface area contributed by atoms with E-state index in [-0.39, 0.29) is 6.04 Å². The molecule has 0 unspecified atom stereocenters. The first kappa shape index (κ1) is 18.9. The number of fused-ring (bicyclic) bond motifs is 1. The average molecular weight is 433 g/mol. The molecule has 0 spiro atoms. The molecule has 0 aliphatic carbocycles. The van der Waals surface area contributed by atoms with Crippen molar-refractivity contribution in [2.24, 2.45) is 0 Å². The first-order valence-electron chi connectivity index (χ1n) is 9.61. The second-order valence-electron chi connectivity index (χ2n) is 7.25. The number of hydrogen-bond acceptors (Lipinski definition) is 3. The largest absolute Gasteiger partial charge is 0.324 e. The monoisotopic (exact) mass is 432 g/mol. The second kappa shape index (κ2) is 7.63. The molecule has 4 aromatic rings. The highest BCUT2D eigenvalue weighted by atomic mass is 35.5. The molecule has 6 heteroatoms. The maximum atomic E-state index is 6.55. The van der Waals surface area contributed by atoms with Gasteiger partial charge >= 0.3 is 0 Å². The topological polar surface area (TPSA) is 42.7 Å². The van der Waals surface area contributed by atoms with Gasteiger partial charge in [-0.25, -0.2) is 4.68 Å². The SMILES string of the molecule is Cc1ccc(-c2nc3n(n2)[C@H](c2ccccc2Cl)C=C(c2ccc(Cl)cc2)N3)cc1. The molecular formula is C24H18Cl2N4. The van der Waals surface area contributed by atoms with E-state index in [1.54, 1.807) is 0 Å². The number of allylic oxidation sites excluding steroid dienone is 1. The number of nitrogens with zero attached hydrogens (tertiary/aromatic N) is 3. The summed E-state index contributed by atoms with van der Waals surface area (Å²) in [5, 5.41) is 9.61. The van der Waals surface area contributed by atoms with Crippen molar-refractivity contribution in [2.75, 3.05) is 5.32 Å². The highest BCUT2D eigenvalue weighted by Crippen LogP contribution is 2.36. The molecule has 1 aromatic heterocycles. The van der Waals surface area contributed by atoms with E-state index in [1.165, 1.54) is 5.56 Å². The molecule has 1 N–H and O–H groups in total. The van der Waals surface area contributed by atoms with Crippen LogP contribution in [-0.2, 0) is 0 Å². The number of aromatic nitrogens is 3. The van der Waals surface area contributed by atoms with Crippen molar-refractivity contribution in [1.29, 1.82) is 0 Å². The molecule has 1 aliphatic rings.